The lowest BCUT2D eigenvalue weighted by Gasteiger charge is -2.13. The van der Waals surface area contributed by atoms with Gasteiger partial charge in [0, 0.05) is 11.6 Å². The fourth-order valence-electron chi connectivity index (χ4n) is 1.21. The van der Waals surface area contributed by atoms with Gasteiger partial charge in [-0.15, -0.1) is 0 Å². The van der Waals surface area contributed by atoms with Gasteiger partial charge in [-0.3, -0.25) is 4.79 Å². The van der Waals surface area contributed by atoms with Gasteiger partial charge in [0.15, 0.2) is 11.6 Å². The molecule has 0 aromatic heterocycles. The molecule has 15 heavy (non-hydrogen) atoms. The molecule has 0 heterocycles. The molecule has 0 aliphatic carbocycles. The molecular weight excluding hydrogens is 204 g/mol. The van der Waals surface area contributed by atoms with E-state index in [2.05, 4.69) is 5.32 Å². The Kier molecular flexibility index (Phi) is 3.74. The number of aliphatic carboxylic acids is 1. The fourth-order valence-corrected chi connectivity index (χ4v) is 1.21. The highest BCUT2D eigenvalue weighted by atomic mass is 19.2. The first kappa shape index (κ1) is 11.6. The van der Waals surface area contributed by atoms with Gasteiger partial charge in [-0.1, -0.05) is 12.1 Å². The van der Waals surface area contributed by atoms with Crippen LogP contribution in [0.3, 0.4) is 0 Å². The number of hydrogen-bond acceptors (Lipinski definition) is 2. The molecule has 1 atom stereocenters. The van der Waals surface area contributed by atoms with E-state index >= 15 is 0 Å². The van der Waals surface area contributed by atoms with Crippen molar-refractivity contribution in [2.75, 3.05) is 6.54 Å². The van der Waals surface area contributed by atoms with Gasteiger partial charge in [-0.2, -0.15) is 0 Å². The van der Waals surface area contributed by atoms with E-state index in [4.69, 9.17) is 5.11 Å². The van der Waals surface area contributed by atoms with Gasteiger partial charge in [-0.05, 0) is 13.0 Å². The van der Waals surface area contributed by atoms with Crippen LogP contribution < -0.4 is 5.32 Å². The average molecular weight is 215 g/mol. The standard InChI is InChI=1S/C10H11F2NO2/c1-6(13-5-9(14)15)7-3-2-4-8(11)10(7)12/h2-4,6,13H,5H2,1H3,(H,14,15). The number of halogens is 2. The Morgan fingerprint density at radius 3 is 2.80 bits per heavy atom. The maximum absolute atomic E-state index is 13.2. The molecule has 1 unspecified atom stereocenters. The molecular formula is C10H11F2NO2. The van der Waals surface area contributed by atoms with Gasteiger partial charge < -0.3 is 10.4 Å². The Morgan fingerprint density at radius 2 is 2.20 bits per heavy atom. The van der Waals surface area contributed by atoms with Crippen molar-refractivity contribution in [1.82, 2.24) is 5.32 Å². The SMILES string of the molecule is CC(NCC(=O)O)c1cccc(F)c1F. The molecule has 5 heteroatoms. The van der Waals surface area contributed by atoms with E-state index in [1.807, 2.05) is 0 Å². The number of benzene rings is 1. The zero-order valence-corrected chi connectivity index (χ0v) is 8.13. The van der Waals surface area contributed by atoms with Crippen LogP contribution in [0.15, 0.2) is 18.2 Å². The van der Waals surface area contributed by atoms with Crippen molar-refractivity contribution in [3.05, 3.63) is 35.4 Å². The second-order valence-corrected chi connectivity index (χ2v) is 3.14. The second-order valence-electron chi connectivity index (χ2n) is 3.14. The molecule has 0 bridgehead atoms. The summed E-state index contributed by atoms with van der Waals surface area (Å²) in [7, 11) is 0. The summed E-state index contributed by atoms with van der Waals surface area (Å²) >= 11 is 0. The summed E-state index contributed by atoms with van der Waals surface area (Å²) in [5.74, 6) is -2.92. The van der Waals surface area contributed by atoms with Crippen molar-refractivity contribution in [3.63, 3.8) is 0 Å². The van der Waals surface area contributed by atoms with Gasteiger partial charge in [0.1, 0.15) is 0 Å². The van der Waals surface area contributed by atoms with E-state index in [0.717, 1.165) is 6.07 Å². The first-order valence-corrected chi connectivity index (χ1v) is 4.41. The summed E-state index contributed by atoms with van der Waals surface area (Å²) in [6, 6.07) is 3.27. The van der Waals surface area contributed by atoms with Crippen LogP contribution in [-0.4, -0.2) is 17.6 Å². The van der Waals surface area contributed by atoms with E-state index in [1.54, 1.807) is 6.92 Å². The molecule has 0 radical (unpaired) electrons. The van der Waals surface area contributed by atoms with Crippen LogP contribution >= 0.6 is 0 Å². The first-order valence-electron chi connectivity index (χ1n) is 4.41. The maximum Gasteiger partial charge on any atom is 0.317 e. The van der Waals surface area contributed by atoms with Gasteiger partial charge in [0.2, 0.25) is 0 Å². The Balaban J connectivity index is 2.77. The van der Waals surface area contributed by atoms with Crippen molar-refractivity contribution in [2.24, 2.45) is 0 Å². The molecule has 82 valence electrons. The zero-order valence-electron chi connectivity index (χ0n) is 8.13. The van der Waals surface area contributed by atoms with Crippen molar-refractivity contribution in [1.29, 1.82) is 0 Å². The van der Waals surface area contributed by atoms with E-state index < -0.39 is 23.6 Å². The molecule has 0 spiro atoms. The third kappa shape index (κ3) is 2.99. The van der Waals surface area contributed by atoms with Crippen LogP contribution in [0.2, 0.25) is 0 Å². The van der Waals surface area contributed by atoms with Gasteiger partial charge in [0.05, 0.1) is 6.54 Å². The van der Waals surface area contributed by atoms with Crippen LogP contribution in [0.5, 0.6) is 0 Å². The highest BCUT2D eigenvalue weighted by molar-refractivity contribution is 5.69. The quantitative estimate of drug-likeness (QED) is 0.803. The molecule has 0 saturated heterocycles. The smallest absolute Gasteiger partial charge is 0.317 e. The summed E-state index contributed by atoms with van der Waals surface area (Å²) in [6.07, 6.45) is 0. The van der Waals surface area contributed by atoms with E-state index in [9.17, 15) is 13.6 Å². The topological polar surface area (TPSA) is 49.3 Å². The number of nitrogens with one attached hydrogen (secondary N) is 1. The van der Waals surface area contributed by atoms with Crippen molar-refractivity contribution in [3.8, 4) is 0 Å². The third-order valence-corrected chi connectivity index (χ3v) is 2.01. The molecule has 3 nitrogen and oxygen atoms in total. The predicted octanol–water partition coefficient (Wildman–Crippen LogP) is 1.70. The van der Waals surface area contributed by atoms with Gasteiger partial charge >= 0.3 is 5.97 Å². The number of hydrogen-bond donors (Lipinski definition) is 2. The molecule has 2 N–H and O–H groups in total. The Morgan fingerprint density at radius 1 is 1.53 bits per heavy atom. The fraction of sp³-hybridized carbons (Fsp3) is 0.300. The molecule has 1 aromatic carbocycles. The number of rotatable bonds is 4. The van der Waals surface area contributed by atoms with E-state index in [1.165, 1.54) is 12.1 Å². The minimum Gasteiger partial charge on any atom is -0.480 e. The molecule has 1 rings (SSSR count). The minimum atomic E-state index is -1.04. The summed E-state index contributed by atoms with van der Waals surface area (Å²) in [6.45, 7) is 1.28. The van der Waals surface area contributed by atoms with Crippen molar-refractivity contribution in [2.45, 2.75) is 13.0 Å². The monoisotopic (exact) mass is 215 g/mol. The predicted molar refractivity (Wildman–Crippen MR) is 50.4 cm³/mol. The summed E-state index contributed by atoms with van der Waals surface area (Å²) < 4.78 is 26.0. The van der Waals surface area contributed by atoms with Crippen LogP contribution in [0.1, 0.15) is 18.5 Å². The lowest BCUT2D eigenvalue weighted by molar-refractivity contribution is -0.136. The second kappa shape index (κ2) is 4.84. The highest BCUT2D eigenvalue weighted by Gasteiger charge is 2.14. The number of carboxylic acid groups (broad SMARTS) is 1. The lowest BCUT2D eigenvalue weighted by atomic mass is 10.1. The van der Waals surface area contributed by atoms with E-state index in [0.29, 0.717) is 0 Å². The first-order chi connectivity index (χ1) is 7.02. The average Bonchev–Trinajstić information content (AvgIpc) is 2.18. The largest absolute Gasteiger partial charge is 0.480 e. The Labute approximate surface area is 85.7 Å². The molecule has 0 amide bonds. The van der Waals surface area contributed by atoms with Crippen LogP contribution in [0, 0.1) is 11.6 Å². The van der Waals surface area contributed by atoms with Gasteiger partial charge in [-0.25, -0.2) is 8.78 Å². The van der Waals surface area contributed by atoms with Crippen LogP contribution in [0.25, 0.3) is 0 Å². The highest BCUT2D eigenvalue weighted by Crippen LogP contribution is 2.18. The Hall–Kier alpha value is -1.49. The van der Waals surface area contributed by atoms with Crippen LogP contribution in [0.4, 0.5) is 8.78 Å². The normalized spacial score (nSPS) is 12.5. The zero-order chi connectivity index (χ0) is 11.4. The molecule has 0 aliphatic heterocycles. The van der Waals surface area contributed by atoms with Crippen molar-refractivity contribution >= 4 is 5.97 Å². The van der Waals surface area contributed by atoms with E-state index in [-0.39, 0.29) is 12.1 Å². The Bertz CT molecular complexity index is 368. The summed E-state index contributed by atoms with van der Waals surface area (Å²) in [5, 5.41) is 11.0. The molecule has 0 aliphatic rings. The third-order valence-electron chi connectivity index (χ3n) is 2.01. The van der Waals surface area contributed by atoms with Crippen molar-refractivity contribution < 1.29 is 18.7 Å². The van der Waals surface area contributed by atoms with Gasteiger partial charge in [0.25, 0.3) is 0 Å². The molecule has 0 saturated carbocycles. The number of carbonyl (C=O) groups is 1. The van der Waals surface area contributed by atoms with Crippen LogP contribution in [-0.2, 0) is 4.79 Å². The lowest BCUT2D eigenvalue weighted by Crippen LogP contribution is -2.26. The summed E-state index contributed by atoms with van der Waals surface area (Å²) in [5.41, 5.74) is 0.122. The maximum atomic E-state index is 13.2. The number of carboxylic acids is 1. The summed E-state index contributed by atoms with van der Waals surface area (Å²) in [4.78, 5) is 10.3. The molecule has 0 fully saturated rings. The molecule has 1 aromatic rings. The minimum absolute atomic E-state index is 0.122.